The number of amides is 1. The third-order valence-electron chi connectivity index (χ3n) is 3.90. The minimum absolute atomic E-state index is 0.137. The molecule has 2 N–H and O–H groups in total. The first-order chi connectivity index (χ1) is 10.2. The molecule has 2 aromatic rings. The average Bonchev–Trinajstić information content (AvgIpc) is 3.14. The topological polar surface area (TPSA) is 70.7 Å². The van der Waals surface area contributed by atoms with Gasteiger partial charge in [0.2, 0.25) is 5.91 Å². The molecule has 0 spiro atoms. The van der Waals surface area contributed by atoms with Gasteiger partial charge in [0.25, 0.3) is 0 Å². The number of nitrogens with zero attached hydrogens (tertiary/aromatic N) is 2. The third kappa shape index (κ3) is 3.15. The quantitative estimate of drug-likeness (QED) is 0.787. The number of hydrogen-bond donors (Lipinski definition) is 2. The van der Waals surface area contributed by atoms with E-state index in [-0.39, 0.29) is 11.3 Å². The van der Waals surface area contributed by atoms with Gasteiger partial charge < -0.3 is 5.32 Å². The predicted octanol–water partition coefficient (Wildman–Crippen LogP) is 2.35. The summed E-state index contributed by atoms with van der Waals surface area (Å²) >= 11 is 3.47. The number of benzene rings is 1. The lowest BCUT2D eigenvalue weighted by atomic mass is 9.95. The number of halogens is 1. The molecule has 1 fully saturated rings. The maximum atomic E-state index is 12.4. The van der Waals surface area contributed by atoms with Crippen LogP contribution in [0.3, 0.4) is 0 Å². The number of H-pyrrole nitrogens is 1. The van der Waals surface area contributed by atoms with Crippen molar-refractivity contribution in [3.8, 4) is 0 Å². The van der Waals surface area contributed by atoms with E-state index in [1.807, 2.05) is 24.3 Å². The maximum absolute atomic E-state index is 12.4. The lowest BCUT2D eigenvalue weighted by molar-refractivity contribution is -0.123. The lowest BCUT2D eigenvalue weighted by Crippen LogP contribution is -2.35. The van der Waals surface area contributed by atoms with Crippen LogP contribution in [0, 0.1) is 0 Å². The molecular formula is C15H17BrN4O. The number of aromatic amines is 1. The summed E-state index contributed by atoms with van der Waals surface area (Å²) < 4.78 is 1.02. The van der Waals surface area contributed by atoms with E-state index in [1.54, 1.807) is 0 Å². The summed E-state index contributed by atoms with van der Waals surface area (Å²) in [7, 11) is 0. The largest absolute Gasteiger partial charge is 0.355 e. The SMILES string of the molecule is O=C(NCCCc1ncn[nH]1)C1(c2cccc(Br)c2)CC1. The number of aryl methyl sites for hydroxylation is 1. The minimum Gasteiger partial charge on any atom is -0.355 e. The van der Waals surface area contributed by atoms with E-state index in [0.29, 0.717) is 6.54 Å². The Balaban J connectivity index is 1.53. The summed E-state index contributed by atoms with van der Waals surface area (Å²) in [5, 5.41) is 9.68. The second kappa shape index (κ2) is 5.97. The summed E-state index contributed by atoms with van der Waals surface area (Å²) in [6, 6.07) is 8.04. The molecule has 1 amide bonds. The van der Waals surface area contributed by atoms with Crippen LogP contribution in [0.4, 0.5) is 0 Å². The van der Waals surface area contributed by atoms with Crippen LogP contribution in [0.15, 0.2) is 35.1 Å². The molecule has 1 aliphatic carbocycles. The summed E-state index contributed by atoms with van der Waals surface area (Å²) in [6.45, 7) is 0.662. The smallest absolute Gasteiger partial charge is 0.230 e. The Morgan fingerprint density at radius 1 is 1.43 bits per heavy atom. The molecule has 1 heterocycles. The van der Waals surface area contributed by atoms with Gasteiger partial charge in [0.05, 0.1) is 5.41 Å². The first-order valence-corrected chi connectivity index (χ1v) is 7.89. The Bertz CT molecular complexity index is 622. The van der Waals surface area contributed by atoms with Crippen molar-refractivity contribution in [3.05, 3.63) is 46.5 Å². The van der Waals surface area contributed by atoms with E-state index in [9.17, 15) is 4.79 Å². The number of carbonyl (C=O) groups is 1. The van der Waals surface area contributed by atoms with Crippen molar-refractivity contribution in [1.29, 1.82) is 0 Å². The molecule has 0 aliphatic heterocycles. The van der Waals surface area contributed by atoms with E-state index in [4.69, 9.17) is 0 Å². The van der Waals surface area contributed by atoms with Crippen LogP contribution < -0.4 is 5.32 Å². The summed E-state index contributed by atoms with van der Waals surface area (Å²) in [4.78, 5) is 16.5. The van der Waals surface area contributed by atoms with Gasteiger partial charge in [0, 0.05) is 17.4 Å². The van der Waals surface area contributed by atoms with Gasteiger partial charge in [-0.05, 0) is 37.0 Å². The molecule has 0 bridgehead atoms. The fourth-order valence-corrected chi connectivity index (χ4v) is 2.94. The molecule has 5 nitrogen and oxygen atoms in total. The molecule has 3 rings (SSSR count). The number of rotatable bonds is 6. The molecule has 0 unspecified atom stereocenters. The first-order valence-electron chi connectivity index (χ1n) is 7.09. The molecule has 1 aromatic heterocycles. The highest BCUT2D eigenvalue weighted by Crippen LogP contribution is 2.48. The van der Waals surface area contributed by atoms with Crippen molar-refractivity contribution < 1.29 is 4.79 Å². The molecule has 1 aromatic carbocycles. The van der Waals surface area contributed by atoms with Crippen molar-refractivity contribution in [2.24, 2.45) is 0 Å². The fourth-order valence-electron chi connectivity index (χ4n) is 2.54. The molecule has 110 valence electrons. The zero-order valence-corrected chi connectivity index (χ0v) is 13.2. The van der Waals surface area contributed by atoms with Gasteiger partial charge in [0.15, 0.2) is 0 Å². The maximum Gasteiger partial charge on any atom is 0.230 e. The van der Waals surface area contributed by atoms with Gasteiger partial charge in [-0.1, -0.05) is 28.1 Å². The molecule has 1 aliphatic rings. The van der Waals surface area contributed by atoms with Gasteiger partial charge in [0.1, 0.15) is 12.2 Å². The van der Waals surface area contributed by atoms with E-state index in [1.165, 1.54) is 6.33 Å². The molecule has 6 heteroatoms. The van der Waals surface area contributed by atoms with E-state index in [0.717, 1.165) is 41.5 Å². The Hall–Kier alpha value is -1.69. The second-order valence-electron chi connectivity index (χ2n) is 5.38. The number of nitrogens with one attached hydrogen (secondary N) is 2. The van der Waals surface area contributed by atoms with Crippen molar-refractivity contribution in [3.63, 3.8) is 0 Å². The molecule has 21 heavy (non-hydrogen) atoms. The standard InChI is InChI=1S/C15H17BrN4O/c16-12-4-1-3-11(9-12)15(6-7-15)14(21)17-8-2-5-13-18-10-19-20-13/h1,3-4,9-10H,2,5-8H2,(H,17,21)(H,18,19,20). The molecule has 0 saturated heterocycles. The second-order valence-corrected chi connectivity index (χ2v) is 6.30. The van der Waals surface area contributed by atoms with Crippen LogP contribution in [0.1, 0.15) is 30.7 Å². The fraction of sp³-hybridized carbons (Fsp3) is 0.400. The summed E-state index contributed by atoms with van der Waals surface area (Å²) in [5.74, 6) is 0.996. The molecule has 1 saturated carbocycles. The van der Waals surface area contributed by atoms with Crippen molar-refractivity contribution >= 4 is 21.8 Å². The van der Waals surface area contributed by atoms with Crippen LogP contribution in [-0.4, -0.2) is 27.6 Å². The molecular weight excluding hydrogens is 332 g/mol. The Kier molecular flexibility index (Phi) is 4.05. The van der Waals surface area contributed by atoms with Crippen LogP contribution in [0.5, 0.6) is 0 Å². The zero-order valence-electron chi connectivity index (χ0n) is 11.6. The van der Waals surface area contributed by atoms with E-state index in [2.05, 4.69) is 36.4 Å². The molecule has 0 atom stereocenters. The Labute approximate surface area is 131 Å². The third-order valence-corrected chi connectivity index (χ3v) is 4.40. The highest BCUT2D eigenvalue weighted by Gasteiger charge is 2.51. The van der Waals surface area contributed by atoms with Crippen molar-refractivity contribution in [2.45, 2.75) is 31.1 Å². The van der Waals surface area contributed by atoms with Gasteiger partial charge >= 0.3 is 0 Å². The summed E-state index contributed by atoms with van der Waals surface area (Å²) in [6.07, 6.45) is 5.01. The summed E-state index contributed by atoms with van der Waals surface area (Å²) in [5.41, 5.74) is 0.792. The molecule has 0 radical (unpaired) electrons. The highest BCUT2D eigenvalue weighted by atomic mass is 79.9. The monoisotopic (exact) mass is 348 g/mol. The first kappa shape index (κ1) is 14.3. The van der Waals surface area contributed by atoms with Crippen LogP contribution in [0.2, 0.25) is 0 Å². The van der Waals surface area contributed by atoms with Gasteiger partial charge in [-0.2, -0.15) is 5.10 Å². The van der Waals surface area contributed by atoms with Gasteiger partial charge in [-0.15, -0.1) is 0 Å². The van der Waals surface area contributed by atoms with Crippen molar-refractivity contribution in [1.82, 2.24) is 20.5 Å². The number of carbonyl (C=O) groups excluding carboxylic acids is 1. The van der Waals surface area contributed by atoms with Gasteiger partial charge in [-0.3, -0.25) is 9.89 Å². The van der Waals surface area contributed by atoms with Crippen LogP contribution >= 0.6 is 15.9 Å². The zero-order chi connectivity index (χ0) is 14.7. The van der Waals surface area contributed by atoms with Crippen LogP contribution in [0.25, 0.3) is 0 Å². The lowest BCUT2D eigenvalue weighted by Gasteiger charge is -2.16. The van der Waals surface area contributed by atoms with Crippen LogP contribution in [-0.2, 0) is 16.6 Å². The van der Waals surface area contributed by atoms with E-state index < -0.39 is 0 Å². The highest BCUT2D eigenvalue weighted by molar-refractivity contribution is 9.10. The number of hydrogen-bond acceptors (Lipinski definition) is 3. The Morgan fingerprint density at radius 2 is 2.29 bits per heavy atom. The predicted molar refractivity (Wildman–Crippen MR) is 82.8 cm³/mol. The van der Waals surface area contributed by atoms with Gasteiger partial charge in [-0.25, -0.2) is 4.98 Å². The number of aromatic nitrogens is 3. The average molecular weight is 349 g/mol. The minimum atomic E-state index is -0.310. The van der Waals surface area contributed by atoms with E-state index >= 15 is 0 Å². The Morgan fingerprint density at radius 3 is 2.95 bits per heavy atom. The van der Waals surface area contributed by atoms with Crippen molar-refractivity contribution in [2.75, 3.05) is 6.54 Å². The normalized spacial score (nSPS) is 15.7.